The molecule has 2 N–H and O–H groups in total. The molecule has 1 aromatic carbocycles. The highest BCUT2D eigenvalue weighted by atomic mass is 127. The first-order valence-corrected chi connectivity index (χ1v) is 11.7. The normalized spacial score (nSPS) is 11.8. The van der Waals surface area contributed by atoms with Crippen molar-refractivity contribution in [2.45, 2.75) is 39.1 Å². The van der Waals surface area contributed by atoms with Gasteiger partial charge < -0.3 is 10.6 Å². The van der Waals surface area contributed by atoms with Crippen molar-refractivity contribution in [3.8, 4) is 0 Å². The average Bonchev–Trinajstić information content (AvgIpc) is 3.06. The number of sulfone groups is 1. The van der Waals surface area contributed by atoms with E-state index in [4.69, 9.17) is 0 Å². The molecule has 0 aliphatic heterocycles. The van der Waals surface area contributed by atoms with E-state index in [1.807, 2.05) is 6.92 Å². The summed E-state index contributed by atoms with van der Waals surface area (Å²) < 4.78 is 36.9. The Morgan fingerprint density at radius 2 is 1.82 bits per heavy atom. The van der Waals surface area contributed by atoms with Crippen LogP contribution in [0.25, 0.3) is 0 Å². The van der Waals surface area contributed by atoms with Crippen LogP contribution in [0.5, 0.6) is 0 Å². The smallest absolute Gasteiger partial charge is 0.191 e. The number of guanidine groups is 1. The van der Waals surface area contributed by atoms with Crippen molar-refractivity contribution < 1.29 is 12.8 Å². The molecule has 0 saturated heterocycles. The van der Waals surface area contributed by atoms with Crippen molar-refractivity contribution in [1.29, 1.82) is 0 Å². The van der Waals surface area contributed by atoms with Gasteiger partial charge in [0, 0.05) is 22.6 Å². The van der Waals surface area contributed by atoms with E-state index < -0.39 is 15.7 Å². The average molecular weight is 539 g/mol. The SMILES string of the molecule is CCNC(=NCc1cc(F)ccc1CS(C)(=O)=O)NCc1ccc(CC)s1.I. The molecule has 0 atom stereocenters. The van der Waals surface area contributed by atoms with Crippen molar-refractivity contribution in [3.63, 3.8) is 0 Å². The largest absolute Gasteiger partial charge is 0.357 e. The van der Waals surface area contributed by atoms with Crippen LogP contribution in [0.15, 0.2) is 35.3 Å². The van der Waals surface area contributed by atoms with Gasteiger partial charge in [-0.25, -0.2) is 17.8 Å². The van der Waals surface area contributed by atoms with E-state index in [1.165, 1.54) is 34.2 Å². The summed E-state index contributed by atoms with van der Waals surface area (Å²) in [5, 5.41) is 6.42. The summed E-state index contributed by atoms with van der Waals surface area (Å²) in [5.41, 5.74) is 1.14. The first-order chi connectivity index (χ1) is 12.8. The fourth-order valence-corrected chi connectivity index (χ4v) is 4.29. The van der Waals surface area contributed by atoms with Crippen LogP contribution in [0.1, 0.15) is 34.7 Å². The summed E-state index contributed by atoms with van der Waals surface area (Å²) in [5.74, 6) is 0.0801. The zero-order valence-corrected chi connectivity index (χ0v) is 20.3. The lowest BCUT2D eigenvalue weighted by molar-refractivity contribution is 0.600. The molecule has 5 nitrogen and oxygen atoms in total. The predicted molar refractivity (Wildman–Crippen MR) is 126 cm³/mol. The summed E-state index contributed by atoms with van der Waals surface area (Å²) in [6, 6.07) is 8.35. The molecule has 1 heterocycles. The van der Waals surface area contributed by atoms with Gasteiger partial charge in [-0.05, 0) is 48.7 Å². The Kier molecular flexibility index (Phi) is 10.4. The second kappa shape index (κ2) is 11.7. The van der Waals surface area contributed by atoms with Crippen molar-refractivity contribution >= 4 is 51.1 Å². The van der Waals surface area contributed by atoms with Crippen LogP contribution in [0.4, 0.5) is 4.39 Å². The third-order valence-electron chi connectivity index (χ3n) is 3.83. The highest BCUT2D eigenvalue weighted by molar-refractivity contribution is 14.0. The van der Waals surface area contributed by atoms with Gasteiger partial charge in [-0.2, -0.15) is 0 Å². The molecule has 0 saturated carbocycles. The zero-order valence-electron chi connectivity index (χ0n) is 16.3. The van der Waals surface area contributed by atoms with Gasteiger partial charge in [-0.15, -0.1) is 35.3 Å². The highest BCUT2D eigenvalue weighted by Crippen LogP contribution is 2.17. The molecule has 0 radical (unpaired) electrons. The Morgan fingerprint density at radius 1 is 1.11 bits per heavy atom. The number of aryl methyl sites for hydroxylation is 1. The molecule has 0 aliphatic carbocycles. The number of rotatable bonds is 8. The maximum atomic E-state index is 13.6. The van der Waals surface area contributed by atoms with E-state index in [0.29, 0.717) is 30.2 Å². The maximum Gasteiger partial charge on any atom is 0.191 e. The summed E-state index contributed by atoms with van der Waals surface area (Å²) in [4.78, 5) is 7.04. The molecule has 0 fully saturated rings. The van der Waals surface area contributed by atoms with Crippen LogP contribution in [0.3, 0.4) is 0 Å². The van der Waals surface area contributed by atoms with Crippen LogP contribution < -0.4 is 10.6 Å². The maximum absolute atomic E-state index is 13.6. The molecule has 1 aromatic heterocycles. The molecule has 0 bridgehead atoms. The quantitative estimate of drug-likeness (QED) is 0.304. The van der Waals surface area contributed by atoms with E-state index >= 15 is 0 Å². The number of nitrogens with zero attached hydrogens (tertiary/aromatic N) is 1. The number of nitrogens with one attached hydrogen (secondary N) is 2. The van der Waals surface area contributed by atoms with E-state index in [9.17, 15) is 12.8 Å². The minimum Gasteiger partial charge on any atom is -0.357 e. The lowest BCUT2D eigenvalue weighted by atomic mass is 10.1. The van der Waals surface area contributed by atoms with E-state index in [0.717, 1.165) is 6.42 Å². The van der Waals surface area contributed by atoms with Crippen LogP contribution in [0, 0.1) is 5.82 Å². The Hall–Kier alpha value is -1.20. The summed E-state index contributed by atoms with van der Waals surface area (Å²) >= 11 is 1.76. The van der Waals surface area contributed by atoms with Gasteiger partial charge in [0.2, 0.25) is 0 Å². The molecule has 0 amide bonds. The first-order valence-electron chi connectivity index (χ1n) is 8.85. The monoisotopic (exact) mass is 539 g/mol. The lowest BCUT2D eigenvalue weighted by Gasteiger charge is -2.12. The standard InChI is InChI=1S/C19H26FN3O2S2.HI/c1-4-17-8-9-18(26-17)12-23-19(21-5-2)22-11-15-10-16(20)7-6-14(15)13-27(3,24)25;/h6-10H,4-5,11-13H2,1-3H3,(H2,21,22,23);1H. The number of thiophene rings is 1. The Bertz CT molecular complexity index is 898. The van der Waals surface area contributed by atoms with Gasteiger partial charge in [0.05, 0.1) is 18.8 Å². The lowest BCUT2D eigenvalue weighted by Crippen LogP contribution is -2.36. The van der Waals surface area contributed by atoms with Crippen molar-refractivity contribution in [2.24, 2.45) is 4.99 Å². The third kappa shape index (κ3) is 8.44. The van der Waals surface area contributed by atoms with Crippen LogP contribution in [-0.4, -0.2) is 27.2 Å². The molecule has 2 rings (SSSR count). The van der Waals surface area contributed by atoms with Gasteiger partial charge >= 0.3 is 0 Å². The van der Waals surface area contributed by atoms with E-state index in [-0.39, 0.29) is 36.3 Å². The number of hydrogen-bond donors (Lipinski definition) is 2. The molecule has 2 aromatic rings. The molecule has 0 spiro atoms. The number of halogens is 2. The molecular weight excluding hydrogens is 512 g/mol. The Balaban J connectivity index is 0.00000392. The fourth-order valence-electron chi connectivity index (χ4n) is 2.55. The molecule has 0 aliphatic rings. The van der Waals surface area contributed by atoms with E-state index in [1.54, 1.807) is 11.3 Å². The van der Waals surface area contributed by atoms with Crippen LogP contribution in [0.2, 0.25) is 0 Å². The third-order valence-corrected chi connectivity index (χ3v) is 5.90. The van der Waals surface area contributed by atoms with E-state index in [2.05, 4.69) is 34.7 Å². The predicted octanol–water partition coefficient (Wildman–Crippen LogP) is 3.87. The topological polar surface area (TPSA) is 70.6 Å². The molecule has 156 valence electrons. The van der Waals surface area contributed by atoms with Crippen LogP contribution in [-0.2, 0) is 35.1 Å². The summed E-state index contributed by atoms with van der Waals surface area (Å²) in [6.07, 6.45) is 2.18. The molecular formula is C19H27FIN3O2S2. The Morgan fingerprint density at radius 3 is 2.43 bits per heavy atom. The van der Waals surface area contributed by atoms with Crippen molar-refractivity contribution in [3.05, 3.63) is 57.0 Å². The number of benzene rings is 1. The Labute approximate surface area is 187 Å². The zero-order chi connectivity index (χ0) is 19.9. The number of aliphatic imine (C=N–C) groups is 1. The van der Waals surface area contributed by atoms with Gasteiger partial charge in [0.15, 0.2) is 15.8 Å². The first kappa shape index (κ1) is 24.8. The van der Waals surface area contributed by atoms with Gasteiger partial charge in [0.1, 0.15) is 5.82 Å². The minimum atomic E-state index is -3.21. The second-order valence-electron chi connectivity index (χ2n) is 6.25. The van der Waals surface area contributed by atoms with Crippen molar-refractivity contribution in [2.75, 3.05) is 12.8 Å². The summed E-state index contributed by atoms with van der Waals surface area (Å²) in [6.45, 7) is 5.63. The van der Waals surface area contributed by atoms with Crippen LogP contribution >= 0.6 is 35.3 Å². The highest BCUT2D eigenvalue weighted by Gasteiger charge is 2.11. The second-order valence-corrected chi connectivity index (χ2v) is 9.65. The molecule has 28 heavy (non-hydrogen) atoms. The van der Waals surface area contributed by atoms with Crippen molar-refractivity contribution in [1.82, 2.24) is 10.6 Å². The van der Waals surface area contributed by atoms with Gasteiger partial charge in [-0.1, -0.05) is 13.0 Å². The summed E-state index contributed by atoms with van der Waals surface area (Å²) in [7, 11) is -3.21. The fraction of sp³-hybridized carbons (Fsp3) is 0.421. The van der Waals surface area contributed by atoms with Gasteiger partial charge in [-0.3, -0.25) is 0 Å². The van der Waals surface area contributed by atoms with Gasteiger partial charge in [0.25, 0.3) is 0 Å². The molecule has 0 unspecified atom stereocenters. The number of hydrogen-bond acceptors (Lipinski definition) is 4. The molecule has 9 heteroatoms. The minimum absolute atomic E-state index is 0.